The second-order valence-corrected chi connectivity index (χ2v) is 10.2. The van der Waals surface area contributed by atoms with Crippen molar-refractivity contribution >= 4 is 11.6 Å². The largest absolute Gasteiger partial charge is 0.507 e. The molecule has 0 radical (unpaired) electrons. The average molecular weight is 514 g/mol. The number of carbonyl (C=O) groups is 2. The molecular formula is C27H31NO9. The maximum absolute atomic E-state index is 13.6. The van der Waals surface area contributed by atoms with Gasteiger partial charge in [-0.05, 0) is 31.5 Å². The normalized spacial score (nSPS) is 31.8. The summed E-state index contributed by atoms with van der Waals surface area (Å²) in [7, 11) is 1.39. The van der Waals surface area contributed by atoms with Gasteiger partial charge in [0, 0.05) is 42.0 Å². The molecule has 5 rings (SSSR count). The fourth-order valence-corrected chi connectivity index (χ4v) is 5.66. The van der Waals surface area contributed by atoms with Gasteiger partial charge in [0.25, 0.3) is 0 Å². The lowest BCUT2D eigenvalue weighted by Crippen LogP contribution is -2.53. The molecule has 1 fully saturated rings. The van der Waals surface area contributed by atoms with E-state index in [4.69, 9.17) is 19.9 Å². The summed E-state index contributed by atoms with van der Waals surface area (Å²) in [5.74, 6) is -1.24. The van der Waals surface area contributed by atoms with Crippen LogP contribution in [0, 0.1) is 0 Å². The molecule has 3 aliphatic rings. The van der Waals surface area contributed by atoms with Crippen molar-refractivity contribution in [3.8, 4) is 11.5 Å². The number of rotatable bonds is 4. The first-order valence-corrected chi connectivity index (χ1v) is 12.3. The van der Waals surface area contributed by atoms with Crippen LogP contribution in [0.4, 0.5) is 0 Å². The van der Waals surface area contributed by atoms with Crippen molar-refractivity contribution in [3.63, 3.8) is 0 Å². The molecule has 1 aliphatic heterocycles. The Hall–Kier alpha value is -2.86. The van der Waals surface area contributed by atoms with Crippen LogP contribution in [0.5, 0.6) is 11.5 Å². The van der Waals surface area contributed by atoms with E-state index in [0.29, 0.717) is 5.56 Å². The Labute approximate surface area is 213 Å². The highest BCUT2D eigenvalue weighted by Crippen LogP contribution is 2.49. The van der Waals surface area contributed by atoms with Gasteiger partial charge in [0.05, 0.1) is 48.3 Å². The molecule has 0 spiro atoms. The second kappa shape index (κ2) is 9.16. The Morgan fingerprint density at radius 2 is 1.92 bits per heavy atom. The molecule has 6 N–H and O–H groups in total. The van der Waals surface area contributed by atoms with E-state index in [2.05, 4.69) is 0 Å². The van der Waals surface area contributed by atoms with Gasteiger partial charge in [0.1, 0.15) is 11.5 Å². The van der Waals surface area contributed by atoms with Gasteiger partial charge in [0.2, 0.25) is 5.78 Å². The molecule has 1 saturated heterocycles. The number of hydrogen-bond acceptors (Lipinski definition) is 10. The number of aromatic hydroxyl groups is 1. The lowest BCUT2D eigenvalue weighted by molar-refractivity contribution is -0.250. The SMILES string of the molecule is COc1cccc2c1C(=O)c1c(cc3c(c1O)C(O[C@H]1C[C@H](N)[C@H](O)[C@H](C)O1)CC(O)(C(C)O)C3)C2=O. The highest BCUT2D eigenvalue weighted by Gasteiger charge is 2.47. The zero-order valence-corrected chi connectivity index (χ0v) is 20.8. The fraction of sp³-hybridized carbons (Fsp3) is 0.481. The summed E-state index contributed by atoms with van der Waals surface area (Å²) in [4.78, 5) is 27.0. The Morgan fingerprint density at radius 3 is 2.57 bits per heavy atom. The predicted molar refractivity (Wildman–Crippen MR) is 130 cm³/mol. The zero-order valence-electron chi connectivity index (χ0n) is 20.8. The highest BCUT2D eigenvalue weighted by molar-refractivity contribution is 6.30. The number of fused-ring (bicyclic) bond motifs is 3. The molecule has 2 aromatic carbocycles. The topological polar surface area (TPSA) is 169 Å². The van der Waals surface area contributed by atoms with Crippen LogP contribution < -0.4 is 10.5 Å². The first-order chi connectivity index (χ1) is 17.5. The van der Waals surface area contributed by atoms with Crippen molar-refractivity contribution in [2.24, 2.45) is 5.73 Å². The Morgan fingerprint density at radius 1 is 1.19 bits per heavy atom. The Bertz CT molecular complexity index is 1260. The molecule has 2 aliphatic carbocycles. The summed E-state index contributed by atoms with van der Waals surface area (Å²) in [5, 5.41) is 43.3. The molecule has 0 bridgehead atoms. The summed E-state index contributed by atoms with van der Waals surface area (Å²) in [6.07, 6.45) is -4.59. The molecule has 0 amide bonds. The first-order valence-electron chi connectivity index (χ1n) is 12.3. The van der Waals surface area contributed by atoms with Crippen LogP contribution in [-0.2, 0) is 15.9 Å². The van der Waals surface area contributed by atoms with Crippen LogP contribution in [0.2, 0.25) is 0 Å². The predicted octanol–water partition coefficient (Wildman–Crippen LogP) is 1.12. The minimum Gasteiger partial charge on any atom is -0.507 e. The summed E-state index contributed by atoms with van der Waals surface area (Å²) >= 11 is 0. The number of benzene rings is 2. The van der Waals surface area contributed by atoms with Gasteiger partial charge in [-0.2, -0.15) is 0 Å². The molecule has 7 atom stereocenters. The number of ketones is 2. The van der Waals surface area contributed by atoms with Gasteiger partial charge in [-0.25, -0.2) is 0 Å². The number of nitrogens with two attached hydrogens (primary N) is 1. The van der Waals surface area contributed by atoms with Crippen LogP contribution in [0.3, 0.4) is 0 Å². The number of methoxy groups -OCH3 is 1. The van der Waals surface area contributed by atoms with Crippen molar-refractivity contribution in [1.29, 1.82) is 0 Å². The lowest BCUT2D eigenvalue weighted by atomic mass is 9.72. The number of aliphatic hydroxyl groups is 3. The van der Waals surface area contributed by atoms with E-state index in [1.54, 1.807) is 19.1 Å². The summed E-state index contributed by atoms with van der Waals surface area (Å²) in [6, 6.07) is 5.56. The number of phenols is 1. The van der Waals surface area contributed by atoms with Crippen LogP contribution in [-0.4, -0.2) is 75.3 Å². The molecule has 2 aromatic rings. The summed E-state index contributed by atoms with van der Waals surface area (Å²) < 4.78 is 17.3. The maximum Gasteiger partial charge on any atom is 0.201 e. The van der Waals surface area contributed by atoms with E-state index in [1.807, 2.05) is 0 Å². The molecule has 10 nitrogen and oxygen atoms in total. The maximum atomic E-state index is 13.6. The van der Waals surface area contributed by atoms with Crippen LogP contribution in [0.15, 0.2) is 24.3 Å². The van der Waals surface area contributed by atoms with Gasteiger partial charge in [-0.3, -0.25) is 9.59 Å². The molecule has 1 heterocycles. The smallest absolute Gasteiger partial charge is 0.201 e. The van der Waals surface area contributed by atoms with Gasteiger partial charge < -0.3 is 40.4 Å². The molecule has 3 unspecified atom stereocenters. The van der Waals surface area contributed by atoms with E-state index < -0.39 is 59.7 Å². The van der Waals surface area contributed by atoms with Crippen molar-refractivity contribution in [3.05, 3.63) is 57.6 Å². The summed E-state index contributed by atoms with van der Waals surface area (Å²) in [6.45, 7) is 3.10. The van der Waals surface area contributed by atoms with Crippen molar-refractivity contribution in [2.45, 2.75) is 75.5 Å². The average Bonchev–Trinajstić information content (AvgIpc) is 2.84. The second-order valence-electron chi connectivity index (χ2n) is 10.2. The highest BCUT2D eigenvalue weighted by atomic mass is 16.7. The van der Waals surface area contributed by atoms with E-state index >= 15 is 0 Å². The van der Waals surface area contributed by atoms with Crippen LogP contribution in [0.25, 0.3) is 0 Å². The van der Waals surface area contributed by atoms with Crippen molar-refractivity contribution in [1.82, 2.24) is 0 Å². The van der Waals surface area contributed by atoms with E-state index in [1.165, 1.54) is 26.2 Å². The standard InChI is InChI=1S/C27H31NO9/c1-11-23(30)16(28)8-19(36-11)37-18-10-27(34,12(2)29)9-13-7-15-22(25(32)20(13)18)26(33)21-14(24(15)31)5-4-6-17(21)35-3/h4-7,11-12,16,18-19,23,29-30,32,34H,8-10,28H2,1-3H3/t11-,12?,16-,18?,19-,23+,27?/m0/s1. The minimum absolute atomic E-state index is 0.00304. The molecule has 198 valence electrons. The number of phenolic OH excluding ortho intramolecular Hbond substituents is 1. The summed E-state index contributed by atoms with van der Waals surface area (Å²) in [5.41, 5.74) is 5.08. The number of aliphatic hydroxyl groups excluding tert-OH is 2. The van der Waals surface area contributed by atoms with E-state index in [9.17, 15) is 30.0 Å². The fourth-order valence-electron chi connectivity index (χ4n) is 5.66. The third kappa shape index (κ3) is 4.04. The Balaban J connectivity index is 1.63. The third-order valence-electron chi connectivity index (χ3n) is 7.82. The Kier molecular flexibility index (Phi) is 6.38. The lowest BCUT2D eigenvalue weighted by Gasteiger charge is -2.43. The van der Waals surface area contributed by atoms with Gasteiger partial charge in [-0.15, -0.1) is 0 Å². The quantitative estimate of drug-likeness (QED) is 0.341. The first kappa shape index (κ1) is 25.8. The number of hydrogen-bond donors (Lipinski definition) is 5. The molecule has 0 aromatic heterocycles. The van der Waals surface area contributed by atoms with Crippen molar-refractivity contribution in [2.75, 3.05) is 7.11 Å². The van der Waals surface area contributed by atoms with Crippen molar-refractivity contribution < 1.29 is 44.2 Å². The van der Waals surface area contributed by atoms with Gasteiger partial charge >= 0.3 is 0 Å². The number of ether oxygens (including phenoxy) is 3. The van der Waals surface area contributed by atoms with Gasteiger partial charge in [0.15, 0.2) is 12.1 Å². The monoisotopic (exact) mass is 513 g/mol. The minimum atomic E-state index is -1.64. The van der Waals surface area contributed by atoms with E-state index in [0.717, 1.165) is 0 Å². The molecule has 10 heteroatoms. The number of carbonyl (C=O) groups excluding carboxylic acids is 2. The molecule has 0 saturated carbocycles. The van der Waals surface area contributed by atoms with Crippen LogP contribution >= 0.6 is 0 Å². The zero-order chi connectivity index (χ0) is 26.8. The third-order valence-corrected chi connectivity index (χ3v) is 7.82. The molecule has 37 heavy (non-hydrogen) atoms. The van der Waals surface area contributed by atoms with Crippen LogP contribution in [0.1, 0.15) is 75.8 Å². The molecular weight excluding hydrogens is 482 g/mol. The van der Waals surface area contributed by atoms with E-state index in [-0.39, 0.29) is 52.8 Å². The van der Waals surface area contributed by atoms with Gasteiger partial charge in [-0.1, -0.05) is 12.1 Å².